The van der Waals surface area contributed by atoms with Crippen molar-refractivity contribution in [3.63, 3.8) is 0 Å². The quantitative estimate of drug-likeness (QED) is 0.665. The van der Waals surface area contributed by atoms with E-state index in [0.29, 0.717) is 27.6 Å². The number of ether oxygens (including phenoxy) is 1. The average molecular weight is 330 g/mol. The largest absolute Gasteiger partial charge is 0.442 e. The van der Waals surface area contributed by atoms with Crippen LogP contribution in [0, 0.1) is 18.3 Å². The van der Waals surface area contributed by atoms with Gasteiger partial charge in [0.1, 0.15) is 22.1 Å². The van der Waals surface area contributed by atoms with Crippen LogP contribution in [0.5, 0.6) is 11.6 Å². The molecule has 20 heavy (non-hydrogen) atoms. The summed E-state index contributed by atoms with van der Waals surface area (Å²) < 4.78 is 11.8. The number of rotatable bonds is 2. The van der Waals surface area contributed by atoms with Gasteiger partial charge < -0.3 is 9.15 Å². The maximum atomic E-state index is 9.14. The van der Waals surface area contributed by atoms with Crippen molar-refractivity contribution in [2.24, 2.45) is 0 Å². The predicted octanol–water partition coefficient (Wildman–Crippen LogP) is 3.96. The summed E-state index contributed by atoms with van der Waals surface area (Å²) in [4.78, 5) is 8.28. The van der Waals surface area contributed by atoms with Crippen molar-refractivity contribution in [1.82, 2.24) is 9.97 Å². The van der Waals surface area contributed by atoms with Crippen LogP contribution < -0.4 is 4.74 Å². The number of para-hydroxylation sites is 1. The zero-order valence-corrected chi connectivity index (χ0v) is 12.0. The van der Waals surface area contributed by atoms with Gasteiger partial charge in [-0.1, -0.05) is 12.1 Å². The van der Waals surface area contributed by atoms with E-state index in [4.69, 9.17) is 14.4 Å². The number of hydrogen-bond acceptors (Lipinski definition) is 5. The Morgan fingerprint density at radius 3 is 2.85 bits per heavy atom. The number of aryl methyl sites for hydroxylation is 1. The van der Waals surface area contributed by atoms with Gasteiger partial charge in [0.05, 0.1) is 5.39 Å². The van der Waals surface area contributed by atoms with E-state index in [2.05, 4.69) is 25.9 Å². The molecule has 1 aromatic carbocycles. The van der Waals surface area contributed by atoms with Crippen molar-refractivity contribution in [2.45, 2.75) is 6.92 Å². The fraction of sp³-hybridized carbons (Fsp3) is 0.0714. The molecule has 3 rings (SSSR count). The first-order valence-electron chi connectivity index (χ1n) is 5.78. The second-order valence-corrected chi connectivity index (χ2v) is 4.86. The number of fused-ring (bicyclic) bond motifs is 1. The van der Waals surface area contributed by atoms with E-state index in [-0.39, 0.29) is 5.76 Å². The topological polar surface area (TPSA) is 71.9 Å². The summed E-state index contributed by atoms with van der Waals surface area (Å²) in [7, 11) is 0. The second-order valence-electron chi connectivity index (χ2n) is 4.05. The van der Waals surface area contributed by atoms with Crippen molar-refractivity contribution in [3.05, 3.63) is 46.5 Å². The molecule has 5 nitrogen and oxygen atoms in total. The molecule has 0 atom stereocenters. The summed E-state index contributed by atoms with van der Waals surface area (Å²) in [6.07, 6.45) is 0. The Kier molecular flexibility index (Phi) is 3.12. The van der Waals surface area contributed by atoms with Gasteiger partial charge >= 0.3 is 0 Å². The molecule has 0 radical (unpaired) electrons. The van der Waals surface area contributed by atoms with Gasteiger partial charge in [0.25, 0.3) is 0 Å². The number of benzene rings is 1. The Morgan fingerprint density at radius 2 is 2.10 bits per heavy atom. The molecule has 0 unspecified atom stereocenters. The zero-order chi connectivity index (χ0) is 14.1. The number of nitriles is 1. The van der Waals surface area contributed by atoms with Gasteiger partial charge in [-0.15, -0.1) is 0 Å². The summed E-state index contributed by atoms with van der Waals surface area (Å²) in [5.41, 5.74) is 0.601. The van der Waals surface area contributed by atoms with E-state index < -0.39 is 0 Å². The van der Waals surface area contributed by atoms with Crippen molar-refractivity contribution >= 4 is 26.9 Å². The fourth-order valence-corrected chi connectivity index (χ4v) is 2.31. The van der Waals surface area contributed by atoms with Crippen LogP contribution in [0.3, 0.4) is 0 Å². The highest BCUT2D eigenvalue weighted by Crippen LogP contribution is 2.35. The number of furan rings is 1. The monoisotopic (exact) mass is 329 g/mol. The van der Waals surface area contributed by atoms with Crippen LogP contribution in [0.15, 0.2) is 39.4 Å². The van der Waals surface area contributed by atoms with Gasteiger partial charge in [-0.25, -0.2) is 4.98 Å². The number of nitrogens with zero attached hydrogens (tertiary/aromatic N) is 3. The lowest BCUT2D eigenvalue weighted by Gasteiger charge is -2.04. The van der Waals surface area contributed by atoms with Gasteiger partial charge in [-0.2, -0.15) is 10.2 Å². The Morgan fingerprint density at radius 1 is 1.30 bits per heavy atom. The second kappa shape index (κ2) is 4.94. The van der Waals surface area contributed by atoms with Gasteiger partial charge in [-0.3, -0.25) is 0 Å². The molecule has 98 valence electrons. The SMILES string of the molecule is Cc1nc(Br)cc(Oc2c(C#N)oc3ccccc23)n1. The van der Waals surface area contributed by atoms with Crippen LogP contribution in [0.1, 0.15) is 11.6 Å². The maximum Gasteiger partial charge on any atom is 0.247 e. The molecule has 2 heterocycles. The van der Waals surface area contributed by atoms with Crippen LogP contribution in [-0.4, -0.2) is 9.97 Å². The fourth-order valence-electron chi connectivity index (χ4n) is 1.86. The molecular formula is C14H8BrN3O2. The molecule has 0 aliphatic heterocycles. The molecule has 0 spiro atoms. The molecule has 0 aliphatic carbocycles. The van der Waals surface area contributed by atoms with E-state index in [1.54, 1.807) is 19.1 Å². The van der Waals surface area contributed by atoms with E-state index >= 15 is 0 Å². The van der Waals surface area contributed by atoms with Gasteiger partial charge in [0.2, 0.25) is 11.6 Å². The van der Waals surface area contributed by atoms with Crippen molar-refractivity contribution in [1.29, 1.82) is 5.26 Å². The van der Waals surface area contributed by atoms with Crippen LogP contribution in [0.2, 0.25) is 0 Å². The van der Waals surface area contributed by atoms with Gasteiger partial charge in [-0.05, 0) is 35.0 Å². The van der Waals surface area contributed by atoms with Crippen molar-refractivity contribution in [3.8, 4) is 17.7 Å². The third-order valence-corrected chi connectivity index (χ3v) is 3.05. The third-order valence-electron chi connectivity index (χ3n) is 2.64. The molecule has 2 aromatic heterocycles. The predicted molar refractivity (Wildman–Crippen MR) is 75.5 cm³/mol. The number of hydrogen-bond donors (Lipinski definition) is 0. The van der Waals surface area contributed by atoms with Gasteiger partial charge in [0, 0.05) is 6.07 Å². The highest BCUT2D eigenvalue weighted by Gasteiger charge is 2.16. The highest BCUT2D eigenvalue weighted by atomic mass is 79.9. The molecular weight excluding hydrogens is 322 g/mol. The summed E-state index contributed by atoms with van der Waals surface area (Å²) >= 11 is 3.28. The number of halogens is 1. The molecule has 6 heteroatoms. The minimum Gasteiger partial charge on any atom is -0.442 e. The standard InChI is InChI=1S/C14H8BrN3O2/c1-8-17-12(15)6-13(18-8)20-14-9-4-2-3-5-10(9)19-11(14)7-16/h2-6H,1H3. The molecule has 0 fully saturated rings. The Balaban J connectivity index is 2.12. The van der Waals surface area contributed by atoms with Crippen LogP contribution >= 0.6 is 15.9 Å². The molecule has 0 N–H and O–H groups in total. The Hall–Kier alpha value is -2.39. The van der Waals surface area contributed by atoms with Crippen LogP contribution in [0.4, 0.5) is 0 Å². The molecule has 0 amide bonds. The Bertz CT molecular complexity index is 816. The minimum absolute atomic E-state index is 0.124. The van der Waals surface area contributed by atoms with E-state index in [0.717, 1.165) is 5.39 Å². The summed E-state index contributed by atoms with van der Waals surface area (Å²) in [5, 5.41) is 9.87. The lowest BCUT2D eigenvalue weighted by atomic mass is 10.2. The van der Waals surface area contributed by atoms with Crippen LogP contribution in [0.25, 0.3) is 11.0 Å². The average Bonchev–Trinajstić information content (AvgIpc) is 2.76. The third kappa shape index (κ3) is 2.24. The lowest BCUT2D eigenvalue weighted by molar-refractivity contribution is 0.447. The van der Waals surface area contributed by atoms with E-state index in [1.807, 2.05) is 24.3 Å². The molecule has 0 saturated heterocycles. The highest BCUT2D eigenvalue weighted by molar-refractivity contribution is 9.10. The molecule has 0 saturated carbocycles. The first kappa shape index (κ1) is 12.6. The van der Waals surface area contributed by atoms with Crippen molar-refractivity contribution < 1.29 is 9.15 Å². The summed E-state index contributed by atoms with van der Waals surface area (Å²) in [5.74, 6) is 1.42. The van der Waals surface area contributed by atoms with Gasteiger partial charge in [0.15, 0.2) is 5.75 Å². The zero-order valence-electron chi connectivity index (χ0n) is 10.4. The number of aromatic nitrogens is 2. The van der Waals surface area contributed by atoms with E-state index in [1.165, 1.54) is 0 Å². The molecule has 0 bridgehead atoms. The minimum atomic E-state index is 0.124. The van der Waals surface area contributed by atoms with Crippen LogP contribution in [-0.2, 0) is 0 Å². The van der Waals surface area contributed by atoms with Crippen molar-refractivity contribution in [2.75, 3.05) is 0 Å². The molecule has 0 aliphatic rings. The smallest absolute Gasteiger partial charge is 0.247 e. The summed E-state index contributed by atoms with van der Waals surface area (Å²) in [6.45, 7) is 1.76. The summed E-state index contributed by atoms with van der Waals surface area (Å²) in [6, 6.07) is 10.9. The lowest BCUT2D eigenvalue weighted by Crippen LogP contribution is -1.94. The first-order valence-corrected chi connectivity index (χ1v) is 6.57. The molecule has 3 aromatic rings. The first-order chi connectivity index (χ1) is 9.67. The maximum absolute atomic E-state index is 9.14. The van der Waals surface area contributed by atoms with E-state index in [9.17, 15) is 0 Å². The Labute approximate surface area is 123 Å². The normalized spacial score (nSPS) is 10.4.